The zero-order chi connectivity index (χ0) is 15.7. The number of amides is 1. The van der Waals surface area contributed by atoms with E-state index >= 15 is 0 Å². The van der Waals surface area contributed by atoms with Gasteiger partial charge in [0, 0.05) is 23.8 Å². The number of nitrogens with one attached hydrogen (secondary N) is 1. The molecule has 3 rings (SSSR count). The van der Waals surface area contributed by atoms with E-state index in [-0.39, 0.29) is 11.9 Å². The number of nitrogens with two attached hydrogens (primary N) is 1. The number of benzene rings is 1. The van der Waals surface area contributed by atoms with Gasteiger partial charge in [0.15, 0.2) is 0 Å². The fourth-order valence-electron chi connectivity index (χ4n) is 2.76. The molecule has 1 aliphatic carbocycles. The first-order valence-electron chi connectivity index (χ1n) is 7.73. The maximum atomic E-state index is 12.3. The van der Waals surface area contributed by atoms with Crippen LogP contribution in [-0.2, 0) is 0 Å². The highest BCUT2D eigenvalue weighted by molar-refractivity contribution is 5.94. The van der Waals surface area contributed by atoms with Crippen LogP contribution in [0.3, 0.4) is 0 Å². The Hall–Kier alpha value is -2.14. The lowest BCUT2D eigenvalue weighted by atomic mass is 10.1. The number of hydrogen-bond acceptors (Lipinski definition) is 3. The quantitative estimate of drug-likeness (QED) is 0.886. The predicted octanol–water partition coefficient (Wildman–Crippen LogP) is 1.96. The standard InChI is InChI=1S/C17H22N4O/c1-11-9-12(2)21(20-11)15-7-5-14(6-8-15)17(22)19-16(10-18)13-3-4-13/h5-9,13,16H,3-4,10,18H2,1-2H3,(H,19,22). The van der Waals surface area contributed by atoms with Gasteiger partial charge in [0.25, 0.3) is 5.91 Å². The maximum Gasteiger partial charge on any atom is 0.251 e. The van der Waals surface area contributed by atoms with E-state index in [1.165, 1.54) is 12.8 Å². The number of aryl methyl sites for hydroxylation is 2. The predicted molar refractivity (Wildman–Crippen MR) is 86.1 cm³/mol. The average Bonchev–Trinajstić information content (AvgIpc) is 3.29. The molecule has 1 fully saturated rings. The van der Waals surface area contributed by atoms with Crippen LogP contribution in [0.1, 0.15) is 34.6 Å². The molecule has 1 unspecified atom stereocenters. The Morgan fingerprint density at radius 2 is 2.05 bits per heavy atom. The third-order valence-corrected chi connectivity index (χ3v) is 4.15. The Balaban J connectivity index is 1.73. The minimum Gasteiger partial charge on any atom is -0.348 e. The third-order valence-electron chi connectivity index (χ3n) is 4.15. The molecule has 0 radical (unpaired) electrons. The zero-order valence-corrected chi connectivity index (χ0v) is 13.0. The van der Waals surface area contributed by atoms with Crippen LogP contribution >= 0.6 is 0 Å². The van der Waals surface area contributed by atoms with E-state index in [2.05, 4.69) is 10.4 Å². The molecule has 3 N–H and O–H groups in total. The molecule has 0 saturated heterocycles. The number of rotatable bonds is 5. The molecule has 1 atom stereocenters. The summed E-state index contributed by atoms with van der Waals surface area (Å²) >= 11 is 0. The van der Waals surface area contributed by atoms with Gasteiger partial charge < -0.3 is 11.1 Å². The second kappa shape index (κ2) is 5.93. The number of nitrogens with zero attached hydrogens (tertiary/aromatic N) is 2. The second-order valence-electron chi connectivity index (χ2n) is 6.04. The van der Waals surface area contributed by atoms with Gasteiger partial charge in [-0.2, -0.15) is 5.10 Å². The summed E-state index contributed by atoms with van der Waals surface area (Å²) in [7, 11) is 0. The number of aromatic nitrogens is 2. The van der Waals surface area contributed by atoms with Crippen molar-refractivity contribution in [2.75, 3.05) is 6.54 Å². The van der Waals surface area contributed by atoms with Crippen LogP contribution in [0.15, 0.2) is 30.3 Å². The summed E-state index contributed by atoms with van der Waals surface area (Å²) in [6, 6.07) is 9.64. The van der Waals surface area contributed by atoms with Gasteiger partial charge >= 0.3 is 0 Å². The second-order valence-corrected chi connectivity index (χ2v) is 6.04. The summed E-state index contributed by atoms with van der Waals surface area (Å²) in [6.45, 7) is 4.48. The molecule has 1 aliphatic rings. The third kappa shape index (κ3) is 3.04. The van der Waals surface area contributed by atoms with Crippen LogP contribution in [0.4, 0.5) is 0 Å². The van der Waals surface area contributed by atoms with Gasteiger partial charge in [-0.05, 0) is 62.9 Å². The summed E-state index contributed by atoms with van der Waals surface area (Å²) in [5.74, 6) is 0.505. The molecule has 0 spiro atoms. The van der Waals surface area contributed by atoms with Crippen molar-refractivity contribution in [2.45, 2.75) is 32.7 Å². The lowest BCUT2D eigenvalue weighted by Gasteiger charge is -2.16. The van der Waals surface area contributed by atoms with E-state index in [1.807, 2.05) is 48.9 Å². The molecule has 5 heteroatoms. The van der Waals surface area contributed by atoms with Crippen molar-refractivity contribution in [1.82, 2.24) is 15.1 Å². The van der Waals surface area contributed by atoms with E-state index in [0.29, 0.717) is 18.0 Å². The van der Waals surface area contributed by atoms with Crippen molar-refractivity contribution in [3.05, 3.63) is 47.3 Å². The Kier molecular flexibility index (Phi) is 3.98. The first kappa shape index (κ1) is 14.8. The van der Waals surface area contributed by atoms with Crippen molar-refractivity contribution in [2.24, 2.45) is 11.7 Å². The molecule has 0 bridgehead atoms. The van der Waals surface area contributed by atoms with Crippen molar-refractivity contribution < 1.29 is 4.79 Å². The highest BCUT2D eigenvalue weighted by Crippen LogP contribution is 2.32. The Bertz CT molecular complexity index is 670. The molecule has 5 nitrogen and oxygen atoms in total. The van der Waals surface area contributed by atoms with Crippen LogP contribution in [0.25, 0.3) is 5.69 Å². The van der Waals surface area contributed by atoms with Gasteiger partial charge in [-0.15, -0.1) is 0 Å². The van der Waals surface area contributed by atoms with E-state index in [4.69, 9.17) is 5.73 Å². The van der Waals surface area contributed by atoms with Crippen LogP contribution in [0.5, 0.6) is 0 Å². The lowest BCUT2D eigenvalue weighted by molar-refractivity contribution is 0.0933. The SMILES string of the molecule is Cc1cc(C)n(-c2ccc(C(=O)NC(CN)C3CC3)cc2)n1. The molecule has 116 valence electrons. The summed E-state index contributed by atoms with van der Waals surface area (Å²) in [6.07, 6.45) is 2.33. The van der Waals surface area contributed by atoms with Crippen molar-refractivity contribution in [3.8, 4) is 5.69 Å². The molecule has 1 amide bonds. The van der Waals surface area contributed by atoms with E-state index in [0.717, 1.165) is 17.1 Å². The van der Waals surface area contributed by atoms with E-state index < -0.39 is 0 Å². The van der Waals surface area contributed by atoms with Crippen LogP contribution < -0.4 is 11.1 Å². The molecule has 22 heavy (non-hydrogen) atoms. The topological polar surface area (TPSA) is 72.9 Å². The zero-order valence-electron chi connectivity index (χ0n) is 13.0. The van der Waals surface area contributed by atoms with Crippen molar-refractivity contribution in [1.29, 1.82) is 0 Å². The van der Waals surface area contributed by atoms with Gasteiger partial charge in [-0.3, -0.25) is 4.79 Å². The molecule has 2 aromatic rings. The molecular formula is C17H22N4O. The van der Waals surface area contributed by atoms with Crippen molar-refractivity contribution >= 4 is 5.91 Å². The largest absolute Gasteiger partial charge is 0.348 e. The van der Waals surface area contributed by atoms with Gasteiger partial charge in [0.2, 0.25) is 0 Å². The molecule has 1 heterocycles. The minimum absolute atomic E-state index is 0.0535. The van der Waals surface area contributed by atoms with Gasteiger partial charge in [-0.25, -0.2) is 4.68 Å². The smallest absolute Gasteiger partial charge is 0.251 e. The Morgan fingerprint density at radius 1 is 1.36 bits per heavy atom. The Labute approximate surface area is 130 Å². The highest BCUT2D eigenvalue weighted by atomic mass is 16.1. The molecule has 1 aromatic carbocycles. The summed E-state index contributed by atoms with van der Waals surface area (Å²) in [5, 5.41) is 7.48. The van der Waals surface area contributed by atoms with E-state index in [9.17, 15) is 4.79 Å². The summed E-state index contributed by atoms with van der Waals surface area (Å²) < 4.78 is 1.88. The molecule has 0 aliphatic heterocycles. The molecular weight excluding hydrogens is 276 g/mol. The molecule has 1 saturated carbocycles. The maximum absolute atomic E-state index is 12.3. The van der Waals surface area contributed by atoms with Crippen molar-refractivity contribution in [3.63, 3.8) is 0 Å². The van der Waals surface area contributed by atoms with Gasteiger partial charge in [-0.1, -0.05) is 0 Å². The van der Waals surface area contributed by atoms with Gasteiger partial charge in [0.1, 0.15) is 0 Å². The van der Waals surface area contributed by atoms with Crippen LogP contribution in [0, 0.1) is 19.8 Å². The first-order valence-corrected chi connectivity index (χ1v) is 7.73. The fraction of sp³-hybridized carbons (Fsp3) is 0.412. The fourth-order valence-corrected chi connectivity index (χ4v) is 2.76. The lowest BCUT2D eigenvalue weighted by Crippen LogP contribution is -2.41. The number of carbonyl (C=O) groups excluding carboxylic acids is 1. The monoisotopic (exact) mass is 298 g/mol. The molecule has 1 aromatic heterocycles. The normalized spacial score (nSPS) is 15.6. The van der Waals surface area contributed by atoms with Crippen LogP contribution in [0.2, 0.25) is 0 Å². The minimum atomic E-state index is -0.0535. The average molecular weight is 298 g/mol. The number of carbonyl (C=O) groups is 1. The Morgan fingerprint density at radius 3 is 2.55 bits per heavy atom. The van der Waals surface area contributed by atoms with E-state index in [1.54, 1.807) is 0 Å². The highest BCUT2D eigenvalue weighted by Gasteiger charge is 2.31. The summed E-state index contributed by atoms with van der Waals surface area (Å²) in [5.41, 5.74) is 9.40. The summed E-state index contributed by atoms with van der Waals surface area (Å²) in [4.78, 5) is 12.3. The first-order chi connectivity index (χ1) is 10.6. The van der Waals surface area contributed by atoms with Gasteiger partial charge in [0.05, 0.1) is 11.4 Å². The van der Waals surface area contributed by atoms with Crippen LogP contribution in [-0.4, -0.2) is 28.3 Å². The number of hydrogen-bond donors (Lipinski definition) is 2.